The molecule has 10 heterocycles. The maximum absolute atomic E-state index is 10.7. The molecule has 1 radical (unpaired) electrons. The zero-order valence-electron chi connectivity index (χ0n) is 76.4. The number of hydrogen-bond acceptors (Lipinski definition) is 15. The third-order valence-corrected chi connectivity index (χ3v) is 29.2. The molecule has 0 aliphatic heterocycles. The van der Waals surface area contributed by atoms with Gasteiger partial charge in [0.05, 0.1) is 60.3 Å². The summed E-state index contributed by atoms with van der Waals surface area (Å²) in [6, 6.07) is 112. The first-order chi connectivity index (χ1) is 62.7. The molecule has 10 aromatic carbocycles. The number of nitrogens with zero attached hydrogens (tertiary/aromatic N) is 6. The van der Waals surface area contributed by atoms with E-state index in [0.717, 1.165) is 170 Å². The van der Waals surface area contributed by atoms with Crippen LogP contribution in [0.5, 0.6) is 0 Å². The van der Waals surface area contributed by atoms with E-state index in [4.69, 9.17) is 46.0 Å². The molecule has 0 saturated carbocycles. The van der Waals surface area contributed by atoms with Gasteiger partial charge in [-0.3, -0.25) is 9.54 Å². The molecule has 4 N–H and O–H groups in total. The van der Waals surface area contributed by atoms with E-state index in [1.165, 1.54) is 20.7 Å². The van der Waals surface area contributed by atoms with Crippen molar-refractivity contribution in [3.05, 3.63) is 353 Å². The molecule has 0 bridgehead atoms. The molecular formula is C107H104F3Ir2N6O10SSi4-2. The summed E-state index contributed by atoms with van der Waals surface area (Å²) in [5.74, 6) is 0. The number of benzene rings is 10. The van der Waals surface area contributed by atoms with Gasteiger partial charge in [0.25, 0.3) is 0 Å². The van der Waals surface area contributed by atoms with E-state index in [-0.39, 0.29) is 46.8 Å². The fourth-order valence-corrected chi connectivity index (χ4v) is 17.6. The van der Waals surface area contributed by atoms with Crippen LogP contribution >= 0.6 is 0 Å². The largest absolute Gasteiger partial charge is 3.00 e. The summed E-state index contributed by atoms with van der Waals surface area (Å²) in [6.07, 6.45) is 11.7. The molecule has 16 nitrogen and oxygen atoms in total. The number of hydrogen-bond donors (Lipinski definition) is 4. The smallest absolute Gasteiger partial charge is 0.500 e. The number of fused-ring (bicyclic) bond motifs is 12. The van der Waals surface area contributed by atoms with Gasteiger partial charge in [-0.2, -0.15) is 21.6 Å². The summed E-state index contributed by atoms with van der Waals surface area (Å²) < 4.78 is 81.0. The first-order valence-corrected chi connectivity index (χ1v) is 57.7. The van der Waals surface area contributed by atoms with Crippen LogP contribution < -0.4 is 20.7 Å². The molecule has 20 aromatic rings. The van der Waals surface area contributed by atoms with Gasteiger partial charge in [-0.1, -0.05) is 270 Å². The Morgan fingerprint density at radius 2 is 0.564 bits per heavy atom. The van der Waals surface area contributed by atoms with Crippen molar-refractivity contribution in [2.75, 3.05) is 20.8 Å². The number of furan rings is 4. The molecule has 0 spiro atoms. The summed E-state index contributed by atoms with van der Waals surface area (Å²) in [6.45, 7) is 29.9. The predicted molar refractivity (Wildman–Crippen MR) is 540 cm³/mol. The van der Waals surface area contributed by atoms with Crippen LogP contribution in [0.15, 0.2) is 340 Å². The zero-order chi connectivity index (χ0) is 94.3. The first kappa shape index (κ1) is 105. The Morgan fingerprint density at radius 3 is 0.797 bits per heavy atom. The molecule has 0 aliphatic rings. The molecule has 0 unspecified atom stereocenters. The number of rotatable bonds is 10. The Hall–Kier alpha value is -12.0. The van der Waals surface area contributed by atoms with Crippen LogP contribution in [-0.2, 0) is 50.3 Å². The van der Waals surface area contributed by atoms with Crippen molar-refractivity contribution in [3.63, 3.8) is 0 Å². The maximum atomic E-state index is 10.7. The van der Waals surface area contributed by atoms with E-state index in [1.807, 2.05) is 207 Å². The minimum absolute atomic E-state index is 0. The van der Waals surface area contributed by atoms with Crippen LogP contribution in [0.3, 0.4) is 0 Å². The maximum Gasteiger partial charge on any atom is 3.00 e. The second-order valence-corrected chi connectivity index (χ2v) is 55.7. The fraction of sp³-hybridized carbons (Fsp3) is 0.159. The molecule has 0 fully saturated rings. The van der Waals surface area contributed by atoms with Gasteiger partial charge in [0, 0.05) is 105 Å². The molecule has 26 heteroatoms. The third kappa shape index (κ3) is 27.9. The fourth-order valence-electron chi connectivity index (χ4n) is 13.5. The molecule has 133 heavy (non-hydrogen) atoms. The standard InChI is InChI=1S/4C20H18NOSi.C11H9N.C11H8N.C2H6O.CHF3O3S.2CH4O.2Ir/c4*1-23(2,3)15-9-10-18(21-13-15)14-8-11-20-17(12-14)16-6-4-5-7-19(16)22-20;2*1-2-6-10(7-3-1)11-8-4-5-9-12-11;1-2-3;2-1(3,4)8(5,6)7;2*1-2;;/h4*4-7,9-13H,1-3H3;1-9H;1-6,8-9H;3H,2H2,1H3;(H,5,6,7);2*2H,1H3;;/q4*-1;;-1;;;;;;+3. The summed E-state index contributed by atoms with van der Waals surface area (Å²) in [4.78, 5) is 27.1. The number of aromatic nitrogens is 6. The zero-order valence-corrected chi connectivity index (χ0v) is 86.0. The van der Waals surface area contributed by atoms with E-state index in [0.29, 0.717) is 0 Å². The van der Waals surface area contributed by atoms with Gasteiger partial charge in [0.1, 0.15) is 22.3 Å². The number of pyridine rings is 6. The Bertz CT molecular complexity index is 6370. The van der Waals surface area contributed by atoms with Gasteiger partial charge in [-0.25, -0.2) is 0 Å². The van der Waals surface area contributed by atoms with Crippen LogP contribution in [0.4, 0.5) is 13.2 Å². The van der Waals surface area contributed by atoms with E-state index in [1.54, 1.807) is 13.1 Å². The summed E-state index contributed by atoms with van der Waals surface area (Å²) in [7, 11) is -9.10. The topological polar surface area (TPSA) is 245 Å². The van der Waals surface area contributed by atoms with E-state index < -0.39 is 47.9 Å². The summed E-state index contributed by atoms with van der Waals surface area (Å²) >= 11 is 0. The Labute approximate surface area is 805 Å². The summed E-state index contributed by atoms with van der Waals surface area (Å²) in [5, 5.41) is 36.1. The van der Waals surface area contributed by atoms with Crippen LogP contribution in [0, 0.1) is 30.3 Å². The minimum atomic E-state index is -5.84. The number of para-hydroxylation sites is 4. The second-order valence-electron chi connectivity index (χ2n) is 33.9. The van der Waals surface area contributed by atoms with Gasteiger partial charge in [-0.15, -0.1) is 131 Å². The molecule has 685 valence electrons. The number of aliphatic hydroxyl groups excluding tert-OH is 3. The van der Waals surface area contributed by atoms with Crippen LogP contribution in [0.1, 0.15) is 6.92 Å². The average molecular weight is 2220 g/mol. The average Bonchev–Trinajstić information content (AvgIpc) is 1.65. The van der Waals surface area contributed by atoms with Crippen molar-refractivity contribution in [2.45, 2.75) is 91.0 Å². The Morgan fingerprint density at radius 1 is 0.316 bits per heavy atom. The normalized spacial score (nSPS) is 11.2. The van der Waals surface area contributed by atoms with Crippen molar-refractivity contribution >= 4 is 151 Å². The van der Waals surface area contributed by atoms with Crippen molar-refractivity contribution in [1.82, 2.24) is 29.9 Å². The molecule has 20 rings (SSSR count). The molecule has 10 aromatic heterocycles. The third-order valence-electron chi connectivity index (χ3n) is 20.5. The molecule has 0 atom stereocenters. The van der Waals surface area contributed by atoms with E-state index in [9.17, 15) is 13.2 Å². The monoisotopic (exact) mass is 2220 g/mol. The van der Waals surface area contributed by atoms with Crippen molar-refractivity contribution < 1.29 is 99.3 Å². The Balaban J connectivity index is 0.000000176. The van der Waals surface area contributed by atoms with Crippen molar-refractivity contribution in [1.29, 1.82) is 0 Å². The summed E-state index contributed by atoms with van der Waals surface area (Å²) in [5.41, 5.74) is 13.6. The molecular weight excluding hydrogens is 2120 g/mol. The molecule has 0 aliphatic carbocycles. The number of halogens is 3. The van der Waals surface area contributed by atoms with Crippen molar-refractivity contribution in [2.24, 2.45) is 0 Å². The van der Waals surface area contributed by atoms with Gasteiger partial charge in [-0.05, 0) is 98.6 Å². The van der Waals surface area contributed by atoms with E-state index in [2.05, 4.69) is 248 Å². The minimum Gasteiger partial charge on any atom is -0.500 e. The van der Waals surface area contributed by atoms with Crippen molar-refractivity contribution in [3.8, 4) is 67.5 Å². The second kappa shape index (κ2) is 47.6. The van der Waals surface area contributed by atoms with Gasteiger partial charge < -0.3 is 57.9 Å². The Kier molecular flexibility index (Phi) is 37.5. The molecule has 0 amide bonds. The van der Waals surface area contributed by atoms with Gasteiger partial charge in [0.2, 0.25) is 0 Å². The molecule has 0 saturated heterocycles. The first-order valence-electron chi connectivity index (χ1n) is 42.3. The SMILES string of the molecule is CCO.CO.CO.C[Si](C)(C)c1ccc(-c2[c-]cc3oc4ccccc4c3c2)nc1.C[Si](C)(C)c1ccc(-c2[c-]cc3oc4ccccc4c3c2)nc1.C[Si](C)(C)c1ccc(-c2[c-]cc3oc4ccccc4c3c2)nc1.C[Si](C)(C)c1ccc(-c2[c-]cc3oc4ccccc4c3c2)nc1.O=S(=O)(O)C(F)(F)F.[Ir+3].[Ir].[c-]1ccccc1-c1ccccn1.c1ccc(-c2ccccn2)cc1. The van der Waals surface area contributed by atoms with Crippen LogP contribution in [0.2, 0.25) is 78.6 Å². The predicted octanol–water partition coefficient (Wildman–Crippen LogP) is 24.9. The van der Waals surface area contributed by atoms with Crippen LogP contribution in [-0.4, -0.2) is 117 Å². The van der Waals surface area contributed by atoms with Gasteiger partial charge >= 0.3 is 35.7 Å². The number of aliphatic hydroxyl groups is 3. The number of alkyl halides is 3. The van der Waals surface area contributed by atoms with Crippen LogP contribution in [0.25, 0.3) is 155 Å². The van der Waals surface area contributed by atoms with E-state index >= 15 is 0 Å². The quantitative estimate of drug-likeness (QED) is 0.0430. The van der Waals surface area contributed by atoms with Gasteiger partial charge in [0.15, 0.2) is 0 Å².